The second-order valence-electron chi connectivity index (χ2n) is 6.12. The molecule has 0 bridgehead atoms. The predicted octanol–water partition coefficient (Wildman–Crippen LogP) is 2.97. The van der Waals surface area contributed by atoms with E-state index in [4.69, 9.17) is 4.74 Å². The van der Waals surface area contributed by atoms with Crippen LogP contribution in [0, 0.1) is 0 Å². The molecule has 0 spiro atoms. The van der Waals surface area contributed by atoms with Gasteiger partial charge >= 0.3 is 11.4 Å². The highest BCUT2D eigenvalue weighted by Gasteiger charge is 2.22. The molecule has 0 aliphatic heterocycles. The van der Waals surface area contributed by atoms with Crippen LogP contribution in [0.25, 0.3) is 15.2 Å². The molecular formula is C17H19N3O3S. The molecule has 3 aromatic rings. The molecule has 7 heteroatoms. The van der Waals surface area contributed by atoms with Crippen molar-refractivity contribution < 1.29 is 4.74 Å². The topological polar surface area (TPSA) is 65.6 Å². The van der Waals surface area contributed by atoms with Crippen molar-refractivity contribution in [1.82, 2.24) is 14.0 Å². The largest absolute Gasteiger partial charge is 0.494 e. The Morgan fingerprint density at radius 1 is 1.25 bits per heavy atom. The van der Waals surface area contributed by atoms with E-state index in [1.807, 2.05) is 25.1 Å². The van der Waals surface area contributed by atoms with E-state index in [0.29, 0.717) is 11.6 Å². The number of aromatic nitrogens is 3. The lowest BCUT2D eigenvalue weighted by atomic mass is 9.95. The van der Waals surface area contributed by atoms with E-state index in [9.17, 15) is 9.59 Å². The molecule has 6 nitrogen and oxygen atoms in total. The van der Waals surface area contributed by atoms with Crippen LogP contribution in [-0.4, -0.2) is 20.6 Å². The van der Waals surface area contributed by atoms with Gasteiger partial charge < -0.3 is 4.74 Å². The minimum absolute atomic E-state index is 0.0270. The Balaban J connectivity index is 1.95. The summed E-state index contributed by atoms with van der Waals surface area (Å²) >= 11 is 1.34. The molecule has 2 aromatic heterocycles. The van der Waals surface area contributed by atoms with E-state index in [1.165, 1.54) is 22.3 Å². The van der Waals surface area contributed by atoms with Gasteiger partial charge in [0.1, 0.15) is 5.75 Å². The summed E-state index contributed by atoms with van der Waals surface area (Å²) in [5.74, 6) is 0.757. The third kappa shape index (κ3) is 2.43. The first-order chi connectivity index (χ1) is 11.7. The highest BCUT2D eigenvalue weighted by molar-refractivity contribution is 7.23. The SMILES string of the molecule is CCOc1ccc2c(c1)sc1nc(=O)n(C3CCCCC3)c(=O)n12. The highest BCUT2D eigenvalue weighted by Crippen LogP contribution is 2.29. The molecule has 1 aliphatic carbocycles. The number of hydrogen-bond donors (Lipinski definition) is 0. The van der Waals surface area contributed by atoms with Crippen molar-refractivity contribution in [3.05, 3.63) is 39.2 Å². The monoisotopic (exact) mass is 345 g/mol. The van der Waals surface area contributed by atoms with Crippen LogP contribution in [0.15, 0.2) is 27.8 Å². The quantitative estimate of drug-likeness (QED) is 0.732. The van der Waals surface area contributed by atoms with Gasteiger partial charge in [-0.1, -0.05) is 30.6 Å². The lowest BCUT2D eigenvalue weighted by molar-refractivity contribution is 0.331. The predicted molar refractivity (Wildman–Crippen MR) is 94.4 cm³/mol. The van der Waals surface area contributed by atoms with Gasteiger partial charge in [-0.25, -0.2) is 18.6 Å². The number of nitrogens with zero attached hydrogens (tertiary/aromatic N) is 3. The van der Waals surface area contributed by atoms with Gasteiger partial charge in [0.15, 0.2) is 0 Å². The standard InChI is InChI=1S/C17H19N3O3S/c1-2-23-12-8-9-13-14(10-12)24-16-18-15(21)19(17(22)20(13)16)11-6-4-3-5-7-11/h8-11H,2-7H2,1H3. The zero-order valence-electron chi connectivity index (χ0n) is 13.5. The molecule has 1 aliphatic rings. The maximum absolute atomic E-state index is 13.0. The number of ether oxygens (including phenoxy) is 1. The van der Waals surface area contributed by atoms with Crippen molar-refractivity contribution in [3.8, 4) is 5.75 Å². The van der Waals surface area contributed by atoms with Crippen molar-refractivity contribution in [2.24, 2.45) is 0 Å². The Bertz CT molecular complexity index is 1010. The van der Waals surface area contributed by atoms with Crippen LogP contribution in [0.1, 0.15) is 45.1 Å². The van der Waals surface area contributed by atoms with Crippen LogP contribution < -0.4 is 16.1 Å². The Kier molecular flexibility index (Phi) is 3.88. The van der Waals surface area contributed by atoms with Crippen molar-refractivity contribution in [3.63, 3.8) is 0 Å². The van der Waals surface area contributed by atoms with Gasteiger partial charge in [0, 0.05) is 6.04 Å². The van der Waals surface area contributed by atoms with Gasteiger partial charge in [-0.15, -0.1) is 0 Å². The summed E-state index contributed by atoms with van der Waals surface area (Å²) in [6.45, 7) is 2.51. The highest BCUT2D eigenvalue weighted by atomic mass is 32.1. The van der Waals surface area contributed by atoms with Crippen LogP contribution in [0.3, 0.4) is 0 Å². The summed E-state index contributed by atoms with van der Waals surface area (Å²) in [5, 5.41) is 0. The Morgan fingerprint density at radius 2 is 2.04 bits per heavy atom. The molecule has 1 aromatic carbocycles. The normalized spacial score (nSPS) is 16.0. The van der Waals surface area contributed by atoms with E-state index in [2.05, 4.69) is 4.98 Å². The van der Waals surface area contributed by atoms with E-state index in [1.54, 1.807) is 4.40 Å². The summed E-state index contributed by atoms with van der Waals surface area (Å²) in [7, 11) is 0. The van der Waals surface area contributed by atoms with E-state index < -0.39 is 5.69 Å². The molecule has 0 atom stereocenters. The van der Waals surface area contributed by atoms with E-state index in [-0.39, 0.29) is 11.7 Å². The van der Waals surface area contributed by atoms with Gasteiger partial charge in [-0.2, -0.15) is 4.98 Å². The van der Waals surface area contributed by atoms with Gasteiger partial charge in [-0.05, 0) is 38.0 Å². The maximum Gasteiger partial charge on any atom is 0.354 e. The van der Waals surface area contributed by atoms with Gasteiger partial charge in [0.05, 0.1) is 16.8 Å². The molecule has 0 radical (unpaired) electrons. The summed E-state index contributed by atoms with van der Waals surface area (Å²) in [6.07, 6.45) is 5.03. The van der Waals surface area contributed by atoms with Crippen molar-refractivity contribution in [2.75, 3.05) is 6.61 Å². The van der Waals surface area contributed by atoms with Gasteiger partial charge in [0.2, 0.25) is 4.96 Å². The first-order valence-electron chi connectivity index (χ1n) is 8.39. The Morgan fingerprint density at radius 3 is 2.79 bits per heavy atom. The van der Waals surface area contributed by atoms with Gasteiger partial charge in [-0.3, -0.25) is 0 Å². The lowest BCUT2D eigenvalue weighted by Gasteiger charge is -2.22. The fourth-order valence-electron chi connectivity index (χ4n) is 3.50. The van der Waals surface area contributed by atoms with Crippen LogP contribution >= 0.6 is 11.3 Å². The Hall–Kier alpha value is -2.15. The molecule has 0 unspecified atom stereocenters. The number of thiazole rings is 1. The molecular weight excluding hydrogens is 326 g/mol. The fourth-order valence-corrected chi connectivity index (χ4v) is 4.53. The number of hydrogen-bond acceptors (Lipinski definition) is 5. The summed E-state index contributed by atoms with van der Waals surface area (Å²) in [6, 6.07) is 5.58. The minimum Gasteiger partial charge on any atom is -0.494 e. The fraction of sp³-hybridized carbons (Fsp3) is 0.471. The van der Waals surface area contributed by atoms with Crippen LogP contribution in [-0.2, 0) is 0 Å². The molecule has 0 N–H and O–H groups in total. The van der Waals surface area contributed by atoms with E-state index in [0.717, 1.165) is 41.6 Å². The lowest BCUT2D eigenvalue weighted by Crippen LogP contribution is -2.41. The molecule has 0 saturated heterocycles. The van der Waals surface area contributed by atoms with Crippen molar-refractivity contribution in [1.29, 1.82) is 0 Å². The molecule has 24 heavy (non-hydrogen) atoms. The zero-order valence-corrected chi connectivity index (χ0v) is 14.3. The molecule has 2 heterocycles. The van der Waals surface area contributed by atoms with Gasteiger partial charge in [0.25, 0.3) is 0 Å². The van der Waals surface area contributed by atoms with Crippen molar-refractivity contribution >= 4 is 26.5 Å². The minimum atomic E-state index is -0.427. The number of benzene rings is 1. The van der Waals surface area contributed by atoms with Crippen LogP contribution in [0.5, 0.6) is 5.75 Å². The second-order valence-corrected chi connectivity index (χ2v) is 7.13. The first-order valence-corrected chi connectivity index (χ1v) is 9.21. The summed E-state index contributed by atoms with van der Waals surface area (Å²) < 4.78 is 9.33. The second kappa shape index (κ2) is 6.05. The van der Waals surface area contributed by atoms with Crippen LogP contribution in [0.4, 0.5) is 0 Å². The number of fused-ring (bicyclic) bond motifs is 3. The average molecular weight is 345 g/mol. The number of rotatable bonds is 3. The molecule has 1 saturated carbocycles. The van der Waals surface area contributed by atoms with E-state index >= 15 is 0 Å². The molecule has 1 fully saturated rings. The zero-order chi connectivity index (χ0) is 16.7. The summed E-state index contributed by atoms with van der Waals surface area (Å²) in [5.41, 5.74) is 0.0799. The molecule has 126 valence electrons. The first kappa shape index (κ1) is 15.4. The van der Waals surface area contributed by atoms with Crippen LogP contribution in [0.2, 0.25) is 0 Å². The molecule has 4 rings (SSSR count). The smallest absolute Gasteiger partial charge is 0.354 e. The third-order valence-electron chi connectivity index (χ3n) is 4.61. The van der Waals surface area contributed by atoms with Crippen molar-refractivity contribution in [2.45, 2.75) is 45.1 Å². The average Bonchev–Trinajstić information content (AvgIpc) is 2.93. The maximum atomic E-state index is 13.0. The summed E-state index contributed by atoms with van der Waals surface area (Å²) in [4.78, 5) is 30.0. The third-order valence-corrected chi connectivity index (χ3v) is 5.61. The molecule has 0 amide bonds. The Labute approximate surface area is 142 Å².